The fourth-order valence-electron chi connectivity index (χ4n) is 1.36. The molecule has 6 heteroatoms. The number of rotatable bonds is 5. The minimum Gasteiger partial charge on any atom is -0.381 e. The molecule has 6 nitrogen and oxygen atoms in total. The van der Waals surface area contributed by atoms with Crippen LogP contribution in [-0.4, -0.2) is 28.3 Å². The van der Waals surface area contributed by atoms with E-state index < -0.39 is 0 Å². The molecule has 17 heavy (non-hydrogen) atoms. The maximum Gasteiger partial charge on any atom is 0.274 e. The van der Waals surface area contributed by atoms with Gasteiger partial charge in [0.15, 0.2) is 5.82 Å². The number of aromatic nitrogens is 3. The number of ether oxygens (including phenoxy) is 1. The van der Waals surface area contributed by atoms with E-state index in [1.807, 2.05) is 13.0 Å². The van der Waals surface area contributed by atoms with Gasteiger partial charge in [-0.15, -0.1) is 0 Å². The molecule has 0 amide bonds. The van der Waals surface area contributed by atoms with Crippen LogP contribution in [-0.2, 0) is 11.2 Å². The number of hydrogen-bond donors (Lipinski definition) is 1. The molecule has 2 rings (SSSR count). The van der Waals surface area contributed by atoms with Gasteiger partial charge in [0, 0.05) is 13.0 Å². The summed E-state index contributed by atoms with van der Waals surface area (Å²) in [6.45, 7) is 3.18. The molecular formula is C11H12N4O2. The summed E-state index contributed by atoms with van der Waals surface area (Å²) in [6, 6.07) is 5.40. The van der Waals surface area contributed by atoms with Gasteiger partial charge in [-0.3, -0.25) is 0 Å². The maximum atomic E-state index is 8.68. The normalized spacial score (nSPS) is 10.4. The Hall–Kier alpha value is -2.13. The number of H-pyrrole nitrogens is 1. The van der Waals surface area contributed by atoms with Crippen LogP contribution in [0.15, 0.2) is 16.7 Å². The van der Waals surface area contributed by atoms with Crippen molar-refractivity contribution in [3.63, 3.8) is 0 Å². The fourth-order valence-corrected chi connectivity index (χ4v) is 1.36. The predicted molar refractivity (Wildman–Crippen MR) is 59.0 cm³/mol. The fraction of sp³-hybridized carbons (Fsp3) is 0.364. The van der Waals surface area contributed by atoms with Gasteiger partial charge in [-0.1, -0.05) is 5.16 Å². The van der Waals surface area contributed by atoms with E-state index in [0.29, 0.717) is 42.7 Å². The number of nitrogens with zero attached hydrogens (tertiary/aromatic N) is 3. The first-order valence-electron chi connectivity index (χ1n) is 5.33. The van der Waals surface area contributed by atoms with Crippen LogP contribution in [0.25, 0.3) is 11.6 Å². The highest BCUT2D eigenvalue weighted by molar-refractivity contribution is 5.49. The first kappa shape index (κ1) is 11.4. The van der Waals surface area contributed by atoms with Crippen LogP contribution in [0.3, 0.4) is 0 Å². The summed E-state index contributed by atoms with van der Waals surface area (Å²) >= 11 is 0. The predicted octanol–water partition coefficient (Wildman–Crippen LogP) is 1.52. The lowest BCUT2D eigenvalue weighted by atomic mass is 10.4. The lowest BCUT2D eigenvalue weighted by Crippen LogP contribution is -1.99. The largest absolute Gasteiger partial charge is 0.381 e. The molecule has 0 aliphatic rings. The van der Waals surface area contributed by atoms with Crippen molar-refractivity contribution in [2.45, 2.75) is 13.3 Å². The number of hydrogen-bond acceptors (Lipinski definition) is 5. The third-order valence-electron chi connectivity index (χ3n) is 2.18. The van der Waals surface area contributed by atoms with E-state index in [4.69, 9.17) is 14.5 Å². The van der Waals surface area contributed by atoms with Crippen LogP contribution < -0.4 is 0 Å². The second kappa shape index (κ2) is 5.27. The SMILES string of the molecule is CCOCCc1noc(-c2ccc(C#N)[nH]2)n1. The second-order valence-electron chi connectivity index (χ2n) is 3.36. The Labute approximate surface area is 98.2 Å². The second-order valence-corrected chi connectivity index (χ2v) is 3.36. The summed E-state index contributed by atoms with van der Waals surface area (Å²) < 4.78 is 10.3. The maximum absolute atomic E-state index is 8.68. The molecule has 0 aliphatic carbocycles. The Kier molecular flexibility index (Phi) is 3.52. The number of nitrogens with one attached hydrogen (secondary N) is 1. The quantitative estimate of drug-likeness (QED) is 0.789. The van der Waals surface area contributed by atoms with Crippen LogP contribution >= 0.6 is 0 Å². The Morgan fingerprint density at radius 2 is 2.41 bits per heavy atom. The van der Waals surface area contributed by atoms with Crippen molar-refractivity contribution in [1.82, 2.24) is 15.1 Å². The molecule has 0 saturated carbocycles. The van der Waals surface area contributed by atoms with E-state index in [1.165, 1.54) is 0 Å². The zero-order valence-corrected chi connectivity index (χ0v) is 9.43. The summed E-state index contributed by atoms with van der Waals surface area (Å²) in [5.41, 5.74) is 1.12. The van der Waals surface area contributed by atoms with Crippen molar-refractivity contribution in [1.29, 1.82) is 5.26 Å². The van der Waals surface area contributed by atoms with Gasteiger partial charge >= 0.3 is 0 Å². The van der Waals surface area contributed by atoms with Gasteiger partial charge < -0.3 is 14.2 Å². The number of aromatic amines is 1. The van der Waals surface area contributed by atoms with Crippen molar-refractivity contribution in [3.05, 3.63) is 23.7 Å². The standard InChI is InChI=1S/C11H12N4O2/c1-2-16-6-5-10-14-11(17-15-10)9-4-3-8(7-12)13-9/h3-4,13H,2,5-6H2,1H3. The third-order valence-corrected chi connectivity index (χ3v) is 2.18. The van der Waals surface area contributed by atoms with Crippen molar-refractivity contribution in [3.8, 4) is 17.7 Å². The van der Waals surface area contributed by atoms with Gasteiger partial charge in [0.2, 0.25) is 0 Å². The molecule has 0 aliphatic heterocycles. The Morgan fingerprint density at radius 3 is 3.12 bits per heavy atom. The van der Waals surface area contributed by atoms with E-state index in [2.05, 4.69) is 15.1 Å². The van der Waals surface area contributed by atoms with Gasteiger partial charge in [0.05, 0.1) is 6.61 Å². The zero-order valence-electron chi connectivity index (χ0n) is 9.43. The average Bonchev–Trinajstić information content (AvgIpc) is 2.97. The lowest BCUT2D eigenvalue weighted by molar-refractivity contribution is 0.149. The monoisotopic (exact) mass is 232 g/mol. The molecule has 0 fully saturated rings. The van der Waals surface area contributed by atoms with Gasteiger partial charge in [-0.05, 0) is 19.1 Å². The molecule has 1 N–H and O–H groups in total. The van der Waals surface area contributed by atoms with Crippen molar-refractivity contribution in [2.75, 3.05) is 13.2 Å². The lowest BCUT2D eigenvalue weighted by Gasteiger charge is -1.94. The van der Waals surface area contributed by atoms with Crippen molar-refractivity contribution in [2.24, 2.45) is 0 Å². The molecule has 0 radical (unpaired) electrons. The molecular weight excluding hydrogens is 220 g/mol. The van der Waals surface area contributed by atoms with Gasteiger partial charge in [-0.2, -0.15) is 10.2 Å². The smallest absolute Gasteiger partial charge is 0.274 e. The average molecular weight is 232 g/mol. The summed E-state index contributed by atoms with van der Waals surface area (Å²) in [5.74, 6) is 0.986. The van der Waals surface area contributed by atoms with Crippen LogP contribution in [0, 0.1) is 11.3 Å². The van der Waals surface area contributed by atoms with E-state index in [-0.39, 0.29) is 0 Å². The molecule has 88 valence electrons. The highest BCUT2D eigenvalue weighted by Crippen LogP contribution is 2.16. The van der Waals surface area contributed by atoms with Crippen LogP contribution in [0.4, 0.5) is 0 Å². The van der Waals surface area contributed by atoms with E-state index in [1.54, 1.807) is 12.1 Å². The molecule has 2 heterocycles. The zero-order chi connectivity index (χ0) is 12.1. The third kappa shape index (κ3) is 2.71. The minimum atomic E-state index is 0.387. The van der Waals surface area contributed by atoms with E-state index in [9.17, 15) is 0 Å². The van der Waals surface area contributed by atoms with Crippen molar-refractivity contribution >= 4 is 0 Å². The Balaban J connectivity index is 2.05. The summed E-state index contributed by atoms with van der Waals surface area (Å²) in [6.07, 6.45) is 0.614. The summed E-state index contributed by atoms with van der Waals surface area (Å²) in [4.78, 5) is 7.07. The molecule has 0 spiro atoms. The van der Waals surface area contributed by atoms with Crippen LogP contribution in [0.2, 0.25) is 0 Å². The highest BCUT2D eigenvalue weighted by atomic mass is 16.5. The summed E-state index contributed by atoms with van der Waals surface area (Å²) in [7, 11) is 0. The molecule has 0 aromatic carbocycles. The Bertz CT molecular complexity index is 524. The van der Waals surface area contributed by atoms with E-state index >= 15 is 0 Å². The molecule has 2 aromatic rings. The minimum absolute atomic E-state index is 0.387. The highest BCUT2D eigenvalue weighted by Gasteiger charge is 2.10. The molecule has 0 bridgehead atoms. The molecule has 2 aromatic heterocycles. The first-order valence-corrected chi connectivity index (χ1v) is 5.33. The number of nitriles is 1. The Morgan fingerprint density at radius 1 is 1.53 bits per heavy atom. The summed E-state index contributed by atoms with van der Waals surface area (Å²) in [5, 5.41) is 12.5. The van der Waals surface area contributed by atoms with Crippen LogP contribution in [0.5, 0.6) is 0 Å². The molecule has 0 atom stereocenters. The van der Waals surface area contributed by atoms with Crippen molar-refractivity contribution < 1.29 is 9.26 Å². The van der Waals surface area contributed by atoms with Gasteiger partial charge in [0.1, 0.15) is 17.5 Å². The van der Waals surface area contributed by atoms with Crippen LogP contribution in [0.1, 0.15) is 18.4 Å². The molecule has 0 unspecified atom stereocenters. The molecule has 0 saturated heterocycles. The van der Waals surface area contributed by atoms with Gasteiger partial charge in [-0.25, -0.2) is 0 Å². The van der Waals surface area contributed by atoms with E-state index in [0.717, 1.165) is 0 Å². The topological polar surface area (TPSA) is 87.7 Å². The first-order chi connectivity index (χ1) is 8.33. The van der Waals surface area contributed by atoms with Gasteiger partial charge in [0.25, 0.3) is 5.89 Å².